The van der Waals surface area contributed by atoms with Crippen molar-refractivity contribution in [3.63, 3.8) is 0 Å². The summed E-state index contributed by atoms with van der Waals surface area (Å²) in [6.45, 7) is 3.51. The number of hydrogen-bond donors (Lipinski definition) is 2. The second kappa shape index (κ2) is 6.13. The lowest BCUT2D eigenvalue weighted by molar-refractivity contribution is -0.274. The van der Waals surface area contributed by atoms with Gasteiger partial charge in [0.2, 0.25) is 5.91 Å². The lowest BCUT2D eigenvalue weighted by atomic mass is 9.96. The van der Waals surface area contributed by atoms with E-state index in [0.717, 1.165) is 18.6 Å². The first kappa shape index (κ1) is 16.3. The summed E-state index contributed by atoms with van der Waals surface area (Å²) >= 11 is 0. The van der Waals surface area contributed by atoms with Crippen LogP contribution in [-0.2, 0) is 4.79 Å². The molecule has 1 amide bonds. The Morgan fingerprint density at radius 1 is 1.30 bits per heavy atom. The Morgan fingerprint density at radius 2 is 1.85 bits per heavy atom. The van der Waals surface area contributed by atoms with Crippen LogP contribution in [0.15, 0.2) is 24.3 Å². The number of halogens is 3. The van der Waals surface area contributed by atoms with Crippen molar-refractivity contribution in [3.8, 4) is 5.75 Å². The highest BCUT2D eigenvalue weighted by atomic mass is 19.4. The fourth-order valence-electron chi connectivity index (χ4n) is 1.65. The monoisotopic (exact) mass is 290 g/mol. The summed E-state index contributed by atoms with van der Waals surface area (Å²) in [7, 11) is 0. The number of ether oxygens (including phenoxy) is 1. The van der Waals surface area contributed by atoms with Crippen LogP contribution in [0.3, 0.4) is 0 Å². The van der Waals surface area contributed by atoms with Crippen LogP contribution in [0, 0.1) is 0 Å². The maximum atomic E-state index is 12.0. The topological polar surface area (TPSA) is 64.4 Å². The van der Waals surface area contributed by atoms with Gasteiger partial charge in [0, 0.05) is 5.69 Å². The lowest BCUT2D eigenvalue weighted by Crippen LogP contribution is -2.48. The van der Waals surface area contributed by atoms with Gasteiger partial charge in [-0.15, -0.1) is 13.2 Å². The zero-order valence-electron chi connectivity index (χ0n) is 11.3. The van der Waals surface area contributed by atoms with Crippen molar-refractivity contribution in [2.45, 2.75) is 38.6 Å². The van der Waals surface area contributed by atoms with Crippen molar-refractivity contribution in [2.24, 2.45) is 5.73 Å². The van der Waals surface area contributed by atoms with Crippen molar-refractivity contribution < 1.29 is 22.7 Å². The molecule has 0 saturated carbocycles. The van der Waals surface area contributed by atoms with Gasteiger partial charge in [0.15, 0.2) is 0 Å². The van der Waals surface area contributed by atoms with Crippen LogP contribution in [0.1, 0.15) is 26.7 Å². The van der Waals surface area contributed by atoms with Crippen molar-refractivity contribution in [1.29, 1.82) is 0 Å². The van der Waals surface area contributed by atoms with Gasteiger partial charge in [-0.25, -0.2) is 0 Å². The highest BCUT2D eigenvalue weighted by Gasteiger charge is 2.31. The molecule has 112 valence electrons. The molecule has 0 saturated heterocycles. The molecule has 0 fully saturated rings. The quantitative estimate of drug-likeness (QED) is 0.876. The largest absolute Gasteiger partial charge is 0.573 e. The van der Waals surface area contributed by atoms with Gasteiger partial charge >= 0.3 is 6.36 Å². The molecular formula is C13H17F3N2O2. The Bertz CT molecular complexity index is 456. The molecule has 1 aromatic rings. The third-order valence-corrected chi connectivity index (χ3v) is 2.63. The predicted molar refractivity (Wildman–Crippen MR) is 69.3 cm³/mol. The van der Waals surface area contributed by atoms with Gasteiger partial charge < -0.3 is 15.8 Å². The highest BCUT2D eigenvalue weighted by molar-refractivity contribution is 5.97. The van der Waals surface area contributed by atoms with Crippen LogP contribution >= 0.6 is 0 Å². The van der Waals surface area contributed by atoms with Gasteiger partial charge in [-0.2, -0.15) is 0 Å². The maximum Gasteiger partial charge on any atom is 0.573 e. The average molecular weight is 290 g/mol. The molecule has 0 radical (unpaired) electrons. The number of alkyl halides is 3. The molecule has 0 bridgehead atoms. The Morgan fingerprint density at radius 3 is 2.30 bits per heavy atom. The van der Waals surface area contributed by atoms with Gasteiger partial charge in [0.1, 0.15) is 5.75 Å². The zero-order valence-corrected chi connectivity index (χ0v) is 11.3. The van der Waals surface area contributed by atoms with Crippen LogP contribution in [0.5, 0.6) is 5.75 Å². The molecule has 7 heteroatoms. The summed E-state index contributed by atoms with van der Waals surface area (Å²) in [6.07, 6.45) is -3.48. The molecular weight excluding hydrogens is 273 g/mol. The molecule has 0 aromatic heterocycles. The fraction of sp³-hybridized carbons (Fsp3) is 0.462. The first-order valence-corrected chi connectivity index (χ1v) is 6.10. The molecule has 1 unspecified atom stereocenters. The zero-order chi connectivity index (χ0) is 15.4. The molecule has 0 aliphatic rings. The maximum absolute atomic E-state index is 12.0. The summed E-state index contributed by atoms with van der Waals surface area (Å²) in [5.41, 5.74) is 5.19. The highest BCUT2D eigenvalue weighted by Crippen LogP contribution is 2.24. The van der Waals surface area contributed by atoms with Crippen LogP contribution < -0.4 is 15.8 Å². The number of rotatable bonds is 5. The van der Waals surface area contributed by atoms with Crippen molar-refractivity contribution in [2.75, 3.05) is 5.32 Å². The fourth-order valence-corrected chi connectivity index (χ4v) is 1.65. The molecule has 1 atom stereocenters. The molecule has 4 nitrogen and oxygen atoms in total. The molecule has 0 heterocycles. The Labute approximate surface area is 115 Å². The third-order valence-electron chi connectivity index (χ3n) is 2.63. The van der Waals surface area contributed by atoms with E-state index < -0.39 is 11.9 Å². The minimum absolute atomic E-state index is 0.348. The molecule has 1 aromatic carbocycles. The molecule has 0 aliphatic carbocycles. The normalized spacial score (nSPS) is 14.5. The Kier molecular flexibility index (Phi) is 4.99. The second-order valence-electron chi connectivity index (χ2n) is 4.69. The summed E-state index contributed by atoms with van der Waals surface area (Å²) in [5, 5.41) is 2.56. The number of carbonyl (C=O) groups excluding carboxylic acids is 1. The van der Waals surface area contributed by atoms with Gasteiger partial charge in [-0.3, -0.25) is 4.79 Å². The van der Waals surface area contributed by atoms with Crippen LogP contribution in [0.2, 0.25) is 0 Å². The molecule has 20 heavy (non-hydrogen) atoms. The molecule has 3 N–H and O–H groups in total. The van der Waals surface area contributed by atoms with E-state index in [-0.39, 0.29) is 11.7 Å². The number of hydrogen-bond acceptors (Lipinski definition) is 3. The van der Waals surface area contributed by atoms with E-state index >= 15 is 0 Å². The van der Waals surface area contributed by atoms with Gasteiger partial charge in [-0.1, -0.05) is 13.3 Å². The van der Waals surface area contributed by atoms with E-state index in [1.165, 1.54) is 12.1 Å². The number of anilines is 1. The minimum Gasteiger partial charge on any atom is -0.406 e. The summed E-state index contributed by atoms with van der Waals surface area (Å²) in [5.74, 6) is -0.733. The van der Waals surface area contributed by atoms with Crippen LogP contribution in [0.4, 0.5) is 18.9 Å². The molecule has 0 spiro atoms. The third kappa shape index (κ3) is 5.08. The van der Waals surface area contributed by atoms with Gasteiger partial charge in [0.25, 0.3) is 0 Å². The standard InChI is InChI=1S/C13H17F3N2O2/c1-3-8-12(2,17)11(19)18-9-4-6-10(7-5-9)20-13(14,15)16/h4-7H,3,8,17H2,1-2H3,(H,18,19). The first-order valence-electron chi connectivity index (χ1n) is 6.10. The summed E-state index contributed by atoms with van der Waals surface area (Å²) in [4.78, 5) is 11.9. The Hall–Kier alpha value is -1.76. The smallest absolute Gasteiger partial charge is 0.406 e. The number of nitrogens with two attached hydrogens (primary N) is 1. The van der Waals surface area contributed by atoms with Crippen molar-refractivity contribution >= 4 is 11.6 Å². The van der Waals surface area contributed by atoms with E-state index in [0.29, 0.717) is 12.1 Å². The van der Waals surface area contributed by atoms with E-state index in [9.17, 15) is 18.0 Å². The summed E-state index contributed by atoms with van der Waals surface area (Å²) < 4.78 is 39.7. The van der Waals surface area contributed by atoms with E-state index in [1.54, 1.807) is 6.92 Å². The second-order valence-corrected chi connectivity index (χ2v) is 4.69. The molecule has 0 aliphatic heterocycles. The number of carbonyl (C=O) groups is 1. The van der Waals surface area contributed by atoms with Crippen molar-refractivity contribution in [1.82, 2.24) is 0 Å². The van der Waals surface area contributed by atoms with Crippen LogP contribution in [-0.4, -0.2) is 17.8 Å². The number of nitrogens with one attached hydrogen (secondary N) is 1. The Balaban J connectivity index is 2.68. The minimum atomic E-state index is -4.73. The number of amides is 1. The SMILES string of the molecule is CCCC(C)(N)C(=O)Nc1ccc(OC(F)(F)F)cc1. The van der Waals surface area contributed by atoms with E-state index in [4.69, 9.17) is 5.73 Å². The van der Waals surface area contributed by atoms with Gasteiger partial charge in [-0.05, 0) is 37.6 Å². The lowest BCUT2D eigenvalue weighted by Gasteiger charge is -2.22. The average Bonchev–Trinajstić information content (AvgIpc) is 2.29. The summed E-state index contributed by atoms with van der Waals surface area (Å²) in [6, 6.07) is 4.88. The van der Waals surface area contributed by atoms with E-state index in [2.05, 4.69) is 10.1 Å². The molecule has 1 rings (SSSR count). The van der Waals surface area contributed by atoms with Crippen LogP contribution in [0.25, 0.3) is 0 Å². The van der Waals surface area contributed by atoms with Crippen molar-refractivity contribution in [3.05, 3.63) is 24.3 Å². The number of benzene rings is 1. The van der Waals surface area contributed by atoms with Gasteiger partial charge in [0.05, 0.1) is 5.54 Å². The first-order chi connectivity index (χ1) is 9.14. The predicted octanol–water partition coefficient (Wildman–Crippen LogP) is 3.04. The van der Waals surface area contributed by atoms with E-state index in [1.807, 2.05) is 6.92 Å².